The summed E-state index contributed by atoms with van der Waals surface area (Å²) in [4.78, 5) is 23.3. The van der Waals surface area contributed by atoms with Crippen LogP contribution in [0.4, 0.5) is 0 Å². The van der Waals surface area contributed by atoms with Gasteiger partial charge in [-0.05, 0) is 24.7 Å². The molecule has 0 aromatic carbocycles. The first kappa shape index (κ1) is 13.0. The lowest BCUT2D eigenvalue weighted by molar-refractivity contribution is -0.152. The first-order valence-electron chi connectivity index (χ1n) is 5.91. The summed E-state index contributed by atoms with van der Waals surface area (Å²) in [6.45, 7) is 4.40. The van der Waals surface area contributed by atoms with E-state index in [1.807, 2.05) is 13.8 Å². The van der Waals surface area contributed by atoms with Crippen LogP contribution in [0.5, 0.6) is 0 Å². The Hall–Kier alpha value is -1.06. The summed E-state index contributed by atoms with van der Waals surface area (Å²) >= 11 is 0. The minimum absolute atomic E-state index is 0.0335. The van der Waals surface area contributed by atoms with E-state index in [9.17, 15) is 9.59 Å². The van der Waals surface area contributed by atoms with Crippen molar-refractivity contribution >= 4 is 11.9 Å². The van der Waals surface area contributed by atoms with E-state index >= 15 is 0 Å². The average Bonchev–Trinajstić information content (AvgIpc) is 2.14. The fourth-order valence-electron chi connectivity index (χ4n) is 1.86. The fourth-order valence-corrected chi connectivity index (χ4v) is 1.86. The van der Waals surface area contributed by atoms with Gasteiger partial charge in [0.05, 0.1) is 7.11 Å². The van der Waals surface area contributed by atoms with Crippen LogP contribution in [0.1, 0.15) is 33.1 Å². The molecule has 0 aromatic rings. The number of esters is 1. The molecule has 0 bridgehead atoms. The van der Waals surface area contributed by atoms with E-state index in [1.54, 1.807) is 0 Å². The summed E-state index contributed by atoms with van der Waals surface area (Å²) in [7, 11) is 1.32. The maximum atomic E-state index is 11.8. The number of amides is 1. The second-order valence-corrected chi connectivity index (χ2v) is 4.79. The molecule has 1 atom stereocenters. The number of carbonyl (C=O) groups excluding carboxylic acids is 2. The maximum Gasteiger partial charge on any atom is 0.318 e. The van der Waals surface area contributed by atoms with Crippen molar-refractivity contribution in [1.82, 2.24) is 5.32 Å². The SMILES string of the molecule is COC(=O)C(C(=O)NCC1CCC1)C(C)C. The van der Waals surface area contributed by atoms with Crippen molar-refractivity contribution in [3.8, 4) is 0 Å². The topological polar surface area (TPSA) is 55.4 Å². The largest absolute Gasteiger partial charge is 0.468 e. The molecule has 1 unspecified atom stereocenters. The van der Waals surface area contributed by atoms with Gasteiger partial charge in [0.1, 0.15) is 5.92 Å². The Morgan fingerprint density at radius 2 is 2.00 bits per heavy atom. The van der Waals surface area contributed by atoms with Crippen molar-refractivity contribution in [1.29, 1.82) is 0 Å². The third-order valence-electron chi connectivity index (χ3n) is 3.19. The van der Waals surface area contributed by atoms with Crippen LogP contribution in [0.2, 0.25) is 0 Å². The second kappa shape index (κ2) is 5.87. The van der Waals surface area contributed by atoms with Crippen molar-refractivity contribution in [2.24, 2.45) is 17.8 Å². The van der Waals surface area contributed by atoms with Gasteiger partial charge in [-0.2, -0.15) is 0 Å². The third-order valence-corrected chi connectivity index (χ3v) is 3.19. The molecule has 1 rings (SSSR count). The Labute approximate surface area is 96.7 Å². The van der Waals surface area contributed by atoms with E-state index in [2.05, 4.69) is 10.1 Å². The number of methoxy groups -OCH3 is 1. The summed E-state index contributed by atoms with van der Waals surface area (Å²) in [6.07, 6.45) is 3.63. The van der Waals surface area contributed by atoms with E-state index in [1.165, 1.54) is 26.4 Å². The third kappa shape index (κ3) is 3.22. The minimum Gasteiger partial charge on any atom is -0.468 e. The van der Waals surface area contributed by atoms with Gasteiger partial charge in [-0.3, -0.25) is 9.59 Å². The average molecular weight is 227 g/mol. The number of rotatable bonds is 5. The van der Waals surface area contributed by atoms with Crippen LogP contribution >= 0.6 is 0 Å². The lowest BCUT2D eigenvalue weighted by Crippen LogP contribution is -2.41. The molecule has 1 aliphatic carbocycles. The van der Waals surface area contributed by atoms with Gasteiger partial charge in [-0.1, -0.05) is 20.3 Å². The molecule has 0 heterocycles. The second-order valence-electron chi connectivity index (χ2n) is 4.79. The van der Waals surface area contributed by atoms with Crippen LogP contribution < -0.4 is 5.32 Å². The smallest absolute Gasteiger partial charge is 0.318 e. The van der Waals surface area contributed by atoms with Crippen LogP contribution in [0, 0.1) is 17.8 Å². The standard InChI is InChI=1S/C12H21NO3/c1-8(2)10(12(15)16-3)11(14)13-7-9-5-4-6-9/h8-10H,4-7H2,1-3H3,(H,13,14). The zero-order chi connectivity index (χ0) is 12.1. The van der Waals surface area contributed by atoms with E-state index in [0.717, 1.165) is 0 Å². The van der Waals surface area contributed by atoms with Gasteiger partial charge in [-0.15, -0.1) is 0 Å². The Morgan fingerprint density at radius 1 is 1.38 bits per heavy atom. The quantitative estimate of drug-likeness (QED) is 0.569. The van der Waals surface area contributed by atoms with Crippen molar-refractivity contribution in [2.45, 2.75) is 33.1 Å². The highest BCUT2D eigenvalue weighted by Gasteiger charge is 2.31. The monoisotopic (exact) mass is 227 g/mol. The van der Waals surface area contributed by atoms with E-state index in [-0.39, 0.29) is 11.8 Å². The predicted octanol–water partition coefficient (Wildman–Crippen LogP) is 1.35. The highest BCUT2D eigenvalue weighted by Crippen LogP contribution is 2.25. The normalized spacial score (nSPS) is 17.8. The lowest BCUT2D eigenvalue weighted by Gasteiger charge is -2.26. The van der Waals surface area contributed by atoms with E-state index in [4.69, 9.17) is 0 Å². The summed E-state index contributed by atoms with van der Waals surface area (Å²) in [5.74, 6) is -0.747. The highest BCUT2D eigenvalue weighted by molar-refractivity contribution is 5.97. The molecule has 0 saturated heterocycles. The molecule has 0 spiro atoms. The maximum absolute atomic E-state index is 11.8. The van der Waals surface area contributed by atoms with Crippen molar-refractivity contribution in [2.75, 3.05) is 13.7 Å². The Kier molecular flexibility index (Phi) is 4.77. The van der Waals surface area contributed by atoms with Crippen LogP contribution in [0.15, 0.2) is 0 Å². The number of hydrogen-bond donors (Lipinski definition) is 1. The zero-order valence-corrected chi connectivity index (χ0v) is 10.3. The molecule has 1 saturated carbocycles. The van der Waals surface area contributed by atoms with Crippen LogP contribution in [0.25, 0.3) is 0 Å². The first-order chi connectivity index (χ1) is 7.56. The number of ether oxygens (including phenoxy) is 1. The van der Waals surface area contributed by atoms with Gasteiger partial charge in [0.15, 0.2) is 0 Å². The molecule has 92 valence electrons. The summed E-state index contributed by atoms with van der Waals surface area (Å²) in [6, 6.07) is 0. The summed E-state index contributed by atoms with van der Waals surface area (Å²) in [5, 5.41) is 2.84. The predicted molar refractivity (Wildman–Crippen MR) is 60.7 cm³/mol. The fraction of sp³-hybridized carbons (Fsp3) is 0.833. The molecule has 0 radical (unpaired) electrons. The van der Waals surface area contributed by atoms with Gasteiger partial charge in [0.25, 0.3) is 0 Å². The molecule has 0 aliphatic heterocycles. The van der Waals surface area contributed by atoms with Crippen LogP contribution in [0.3, 0.4) is 0 Å². The molecular formula is C12H21NO3. The van der Waals surface area contributed by atoms with Crippen molar-refractivity contribution in [3.63, 3.8) is 0 Å². The molecule has 4 heteroatoms. The Bertz CT molecular complexity index is 259. The van der Waals surface area contributed by atoms with Gasteiger partial charge >= 0.3 is 5.97 Å². The Balaban J connectivity index is 2.43. The molecule has 1 N–H and O–H groups in total. The van der Waals surface area contributed by atoms with E-state index < -0.39 is 11.9 Å². The number of carbonyl (C=O) groups is 2. The van der Waals surface area contributed by atoms with Gasteiger partial charge in [-0.25, -0.2) is 0 Å². The number of hydrogen-bond acceptors (Lipinski definition) is 3. The molecule has 1 amide bonds. The van der Waals surface area contributed by atoms with Crippen molar-refractivity contribution < 1.29 is 14.3 Å². The number of nitrogens with one attached hydrogen (secondary N) is 1. The van der Waals surface area contributed by atoms with Gasteiger partial charge in [0, 0.05) is 6.54 Å². The van der Waals surface area contributed by atoms with Crippen LogP contribution in [-0.4, -0.2) is 25.5 Å². The summed E-state index contributed by atoms with van der Waals surface area (Å²) < 4.78 is 4.64. The lowest BCUT2D eigenvalue weighted by atomic mass is 9.85. The van der Waals surface area contributed by atoms with Gasteiger partial charge in [0.2, 0.25) is 5.91 Å². The zero-order valence-electron chi connectivity index (χ0n) is 10.3. The molecular weight excluding hydrogens is 206 g/mol. The summed E-state index contributed by atoms with van der Waals surface area (Å²) in [5.41, 5.74) is 0. The molecule has 1 fully saturated rings. The van der Waals surface area contributed by atoms with Gasteiger partial charge < -0.3 is 10.1 Å². The first-order valence-corrected chi connectivity index (χ1v) is 5.91. The molecule has 0 aromatic heterocycles. The minimum atomic E-state index is -0.676. The van der Waals surface area contributed by atoms with E-state index in [0.29, 0.717) is 12.5 Å². The van der Waals surface area contributed by atoms with Crippen molar-refractivity contribution in [3.05, 3.63) is 0 Å². The molecule has 16 heavy (non-hydrogen) atoms. The molecule has 4 nitrogen and oxygen atoms in total. The molecule has 1 aliphatic rings. The Morgan fingerprint density at radius 3 is 2.38 bits per heavy atom. The van der Waals surface area contributed by atoms with Crippen LogP contribution in [-0.2, 0) is 14.3 Å². The highest BCUT2D eigenvalue weighted by atomic mass is 16.5.